The summed E-state index contributed by atoms with van der Waals surface area (Å²) in [6.45, 7) is 0. The van der Waals surface area contributed by atoms with Crippen molar-refractivity contribution in [2.75, 3.05) is 5.73 Å². The zero-order valence-electron chi connectivity index (χ0n) is 7.55. The summed E-state index contributed by atoms with van der Waals surface area (Å²) in [6.07, 6.45) is -8.19. The highest BCUT2D eigenvalue weighted by molar-refractivity contribution is 5.78. The van der Waals surface area contributed by atoms with Gasteiger partial charge in [-0.1, -0.05) is 0 Å². The molecule has 0 saturated heterocycles. The van der Waals surface area contributed by atoms with Gasteiger partial charge < -0.3 is 5.73 Å². The van der Waals surface area contributed by atoms with Crippen molar-refractivity contribution in [1.82, 2.24) is 4.98 Å². The number of aromatic nitrogens is 1. The molecular weight excluding hydrogens is 235 g/mol. The van der Waals surface area contributed by atoms with Crippen molar-refractivity contribution in [1.29, 1.82) is 0 Å². The van der Waals surface area contributed by atoms with Crippen LogP contribution in [-0.2, 0) is 6.18 Å². The number of carbonyl (C=O) groups is 1. The molecule has 2 N–H and O–H groups in total. The predicted molar refractivity (Wildman–Crippen MR) is 44.0 cm³/mol. The second kappa shape index (κ2) is 4.03. The van der Waals surface area contributed by atoms with E-state index in [0.29, 0.717) is 6.07 Å². The second-order valence-corrected chi connectivity index (χ2v) is 2.82. The maximum Gasteiger partial charge on any atom is 0.434 e. The molecular formula is C8H5F5N2O. The topological polar surface area (TPSA) is 56.0 Å². The number of pyridine rings is 1. The fraction of sp³-hybridized carbons (Fsp3) is 0.250. The number of carbonyl (C=O) groups excluding carboxylic acids is 1. The molecule has 0 bridgehead atoms. The SMILES string of the molecule is Nc1nc(C(F)(F)F)c(C=O)cc1C(F)F. The van der Waals surface area contributed by atoms with Gasteiger partial charge in [0, 0.05) is 5.56 Å². The van der Waals surface area contributed by atoms with E-state index in [1.165, 1.54) is 0 Å². The summed E-state index contributed by atoms with van der Waals surface area (Å²) in [7, 11) is 0. The molecule has 8 heteroatoms. The number of nitrogens with two attached hydrogens (primary N) is 1. The number of nitrogens with zero attached hydrogens (tertiary/aromatic N) is 1. The van der Waals surface area contributed by atoms with E-state index in [-0.39, 0.29) is 6.29 Å². The van der Waals surface area contributed by atoms with Crippen LogP contribution in [0, 0.1) is 0 Å². The van der Waals surface area contributed by atoms with Crippen molar-refractivity contribution in [2.24, 2.45) is 0 Å². The summed E-state index contributed by atoms with van der Waals surface area (Å²) in [5.74, 6) is -0.937. The summed E-state index contributed by atoms with van der Waals surface area (Å²) < 4.78 is 61.4. The number of rotatable bonds is 2. The van der Waals surface area contributed by atoms with Crippen LogP contribution < -0.4 is 5.73 Å². The second-order valence-electron chi connectivity index (χ2n) is 2.82. The standard InChI is InChI=1S/C8H5F5N2O/c9-6(10)4-1-3(2-16)5(8(11,12)13)15-7(4)14/h1-2,6H,(H2,14,15). The third-order valence-corrected chi connectivity index (χ3v) is 1.74. The molecule has 16 heavy (non-hydrogen) atoms. The minimum atomic E-state index is -4.91. The molecule has 0 aliphatic heterocycles. The predicted octanol–water partition coefficient (Wildman–Crippen LogP) is 2.43. The smallest absolute Gasteiger partial charge is 0.383 e. The van der Waals surface area contributed by atoms with Crippen molar-refractivity contribution in [3.8, 4) is 0 Å². The Balaban J connectivity index is 3.44. The van der Waals surface area contributed by atoms with E-state index in [1.54, 1.807) is 0 Å². The summed E-state index contributed by atoms with van der Waals surface area (Å²) in [6, 6.07) is 0.392. The molecule has 0 unspecified atom stereocenters. The van der Waals surface area contributed by atoms with Gasteiger partial charge in [-0.05, 0) is 6.07 Å². The van der Waals surface area contributed by atoms with Crippen molar-refractivity contribution < 1.29 is 26.7 Å². The highest BCUT2D eigenvalue weighted by Crippen LogP contribution is 2.33. The minimum Gasteiger partial charge on any atom is -0.383 e. The monoisotopic (exact) mass is 240 g/mol. The van der Waals surface area contributed by atoms with Crippen LogP contribution >= 0.6 is 0 Å². The first-order valence-corrected chi connectivity index (χ1v) is 3.88. The molecule has 0 spiro atoms. The highest BCUT2D eigenvalue weighted by atomic mass is 19.4. The average molecular weight is 240 g/mol. The minimum absolute atomic E-state index is 0.193. The summed E-state index contributed by atoms with van der Waals surface area (Å²) in [5, 5.41) is 0. The lowest BCUT2D eigenvalue weighted by atomic mass is 10.1. The number of hydrogen-bond donors (Lipinski definition) is 1. The van der Waals surface area contributed by atoms with Gasteiger partial charge in [0.05, 0.1) is 5.56 Å². The fourth-order valence-electron chi connectivity index (χ4n) is 1.05. The van der Waals surface area contributed by atoms with E-state index in [2.05, 4.69) is 4.98 Å². The molecule has 0 amide bonds. The van der Waals surface area contributed by atoms with Gasteiger partial charge in [0.25, 0.3) is 6.43 Å². The molecule has 1 aromatic heterocycles. The van der Waals surface area contributed by atoms with Crippen molar-refractivity contribution in [2.45, 2.75) is 12.6 Å². The zero-order valence-corrected chi connectivity index (χ0v) is 7.55. The summed E-state index contributed by atoms with van der Waals surface area (Å²) in [4.78, 5) is 13.1. The van der Waals surface area contributed by atoms with Crippen LogP contribution in [0.15, 0.2) is 6.07 Å². The number of anilines is 1. The number of halogens is 5. The van der Waals surface area contributed by atoms with E-state index >= 15 is 0 Å². The Kier molecular flexibility index (Phi) is 3.11. The number of nitrogen functional groups attached to an aromatic ring is 1. The molecule has 0 aliphatic rings. The molecule has 88 valence electrons. The van der Waals surface area contributed by atoms with Gasteiger partial charge in [0.15, 0.2) is 12.0 Å². The van der Waals surface area contributed by atoms with Crippen LogP contribution in [0.25, 0.3) is 0 Å². The van der Waals surface area contributed by atoms with E-state index in [4.69, 9.17) is 5.73 Å². The van der Waals surface area contributed by atoms with Crippen molar-refractivity contribution >= 4 is 12.1 Å². The molecule has 0 fully saturated rings. The lowest BCUT2D eigenvalue weighted by Crippen LogP contribution is -2.14. The zero-order chi connectivity index (χ0) is 12.5. The van der Waals surface area contributed by atoms with Gasteiger partial charge in [-0.25, -0.2) is 13.8 Å². The van der Waals surface area contributed by atoms with E-state index in [0.717, 1.165) is 0 Å². The van der Waals surface area contributed by atoms with Gasteiger partial charge in [-0.15, -0.1) is 0 Å². The van der Waals surface area contributed by atoms with Crippen LogP contribution in [-0.4, -0.2) is 11.3 Å². The lowest BCUT2D eigenvalue weighted by molar-refractivity contribution is -0.141. The molecule has 3 nitrogen and oxygen atoms in total. The van der Waals surface area contributed by atoms with Crippen LogP contribution in [0.3, 0.4) is 0 Å². The fourth-order valence-corrected chi connectivity index (χ4v) is 1.05. The Hall–Kier alpha value is -1.73. The molecule has 0 aromatic carbocycles. The first kappa shape index (κ1) is 12.3. The van der Waals surface area contributed by atoms with Crippen LogP contribution in [0.1, 0.15) is 28.0 Å². The number of alkyl halides is 5. The normalized spacial score (nSPS) is 11.9. The molecule has 0 saturated carbocycles. The maximum absolute atomic E-state index is 12.3. The molecule has 1 rings (SSSR count). The number of aldehydes is 1. The van der Waals surface area contributed by atoms with Gasteiger partial charge >= 0.3 is 6.18 Å². The van der Waals surface area contributed by atoms with Crippen molar-refractivity contribution in [3.63, 3.8) is 0 Å². The van der Waals surface area contributed by atoms with Gasteiger partial charge in [0.1, 0.15) is 5.82 Å². The molecule has 1 aromatic rings. The largest absolute Gasteiger partial charge is 0.434 e. The van der Waals surface area contributed by atoms with Crippen LogP contribution in [0.5, 0.6) is 0 Å². The molecule has 1 heterocycles. The van der Waals surface area contributed by atoms with Crippen molar-refractivity contribution in [3.05, 3.63) is 22.9 Å². The first-order chi connectivity index (χ1) is 7.27. The Morgan fingerprint density at radius 2 is 1.94 bits per heavy atom. The first-order valence-electron chi connectivity index (χ1n) is 3.88. The average Bonchev–Trinajstić information content (AvgIpc) is 2.15. The van der Waals surface area contributed by atoms with Gasteiger partial charge in [-0.2, -0.15) is 13.2 Å². The molecule has 0 radical (unpaired) electrons. The Bertz CT molecular complexity index is 416. The van der Waals surface area contributed by atoms with E-state index < -0.39 is 35.2 Å². The Morgan fingerprint density at radius 1 is 1.38 bits per heavy atom. The molecule has 0 atom stereocenters. The quantitative estimate of drug-likeness (QED) is 0.638. The molecule has 0 aliphatic carbocycles. The van der Waals surface area contributed by atoms with Crippen LogP contribution in [0.2, 0.25) is 0 Å². The maximum atomic E-state index is 12.3. The third-order valence-electron chi connectivity index (χ3n) is 1.74. The van der Waals surface area contributed by atoms with Gasteiger partial charge in [0.2, 0.25) is 0 Å². The Labute approximate surface area is 86.1 Å². The van der Waals surface area contributed by atoms with E-state index in [9.17, 15) is 26.7 Å². The van der Waals surface area contributed by atoms with E-state index in [1.807, 2.05) is 0 Å². The van der Waals surface area contributed by atoms with Crippen LogP contribution in [0.4, 0.5) is 27.8 Å². The summed E-state index contributed by atoms with van der Waals surface area (Å²) >= 11 is 0. The summed E-state index contributed by atoms with van der Waals surface area (Å²) in [5.41, 5.74) is 1.52. The third kappa shape index (κ3) is 2.26. The van der Waals surface area contributed by atoms with Gasteiger partial charge in [-0.3, -0.25) is 4.79 Å². The number of hydrogen-bond acceptors (Lipinski definition) is 3. The lowest BCUT2D eigenvalue weighted by Gasteiger charge is -2.11. The Morgan fingerprint density at radius 3 is 2.31 bits per heavy atom. The highest BCUT2D eigenvalue weighted by Gasteiger charge is 2.36.